The van der Waals surface area contributed by atoms with Crippen molar-refractivity contribution in [2.24, 2.45) is 0 Å². The van der Waals surface area contributed by atoms with Crippen LogP contribution in [0.3, 0.4) is 0 Å². The molecule has 0 aromatic heterocycles. The van der Waals surface area contributed by atoms with Gasteiger partial charge in [-0.25, -0.2) is 4.79 Å². The van der Waals surface area contributed by atoms with Crippen molar-refractivity contribution in [1.82, 2.24) is 0 Å². The molecule has 5 heteroatoms. The molecule has 0 saturated heterocycles. The van der Waals surface area contributed by atoms with E-state index in [0.717, 1.165) is 5.56 Å². The van der Waals surface area contributed by atoms with Crippen LogP contribution >= 0.6 is 0 Å². The van der Waals surface area contributed by atoms with Gasteiger partial charge in [-0.05, 0) is 30.5 Å². The fourth-order valence-corrected chi connectivity index (χ4v) is 1.51. The Balaban J connectivity index is 2.89. The molecule has 0 bridgehead atoms. The lowest BCUT2D eigenvalue weighted by Crippen LogP contribution is -2.09. The normalized spacial score (nSPS) is 11.4. The molecule has 0 spiro atoms. The Morgan fingerprint density at radius 3 is 2.89 bits per heavy atom. The Morgan fingerprint density at radius 2 is 2.33 bits per heavy atom. The van der Waals surface area contributed by atoms with Gasteiger partial charge in [-0.3, -0.25) is 0 Å². The molecule has 0 fully saturated rings. The van der Waals surface area contributed by atoms with Crippen LogP contribution in [-0.2, 0) is 16.0 Å². The third kappa shape index (κ3) is 3.40. The van der Waals surface area contributed by atoms with E-state index in [2.05, 4.69) is 4.74 Å². The highest BCUT2D eigenvalue weighted by Crippen LogP contribution is 2.14. The molecule has 94 valence electrons. The molecule has 0 unspecified atom stereocenters. The van der Waals surface area contributed by atoms with Gasteiger partial charge < -0.3 is 14.6 Å². The lowest BCUT2D eigenvalue weighted by Gasteiger charge is -2.06. The van der Waals surface area contributed by atoms with Crippen LogP contribution in [0.2, 0.25) is 0 Å². The summed E-state index contributed by atoms with van der Waals surface area (Å²) in [5.41, 5.74) is 1.21. The Kier molecular flexibility index (Phi) is 5.03. The fourth-order valence-electron chi connectivity index (χ4n) is 1.51. The van der Waals surface area contributed by atoms with Crippen molar-refractivity contribution >= 4 is 12.3 Å². The monoisotopic (exact) mass is 247 g/mol. The summed E-state index contributed by atoms with van der Waals surface area (Å²) in [7, 11) is 1.25. The number of nitrogens with zero attached hydrogens (tertiary/aromatic N) is 1. The number of nitriles is 1. The highest BCUT2D eigenvalue weighted by atomic mass is 16.5. The van der Waals surface area contributed by atoms with Crippen molar-refractivity contribution in [3.05, 3.63) is 34.9 Å². The Hall–Kier alpha value is -2.19. The smallest absolute Gasteiger partial charge is 0.339 e. The maximum absolute atomic E-state index is 11.4. The number of carbonyl (C=O) groups is 2. The Morgan fingerprint density at radius 1 is 1.61 bits per heavy atom. The summed E-state index contributed by atoms with van der Waals surface area (Å²) < 4.78 is 4.56. The lowest BCUT2D eigenvalue weighted by molar-refractivity contribution is -0.115. The first-order valence-corrected chi connectivity index (χ1v) is 5.37. The molecule has 1 aromatic rings. The number of benzene rings is 1. The van der Waals surface area contributed by atoms with Gasteiger partial charge in [-0.2, -0.15) is 5.26 Å². The van der Waals surface area contributed by atoms with Gasteiger partial charge in [0.2, 0.25) is 0 Å². The SMILES string of the molecule is COC(=O)c1ccc(CC[C@H](O)C=O)cc1C#N. The molecule has 0 amide bonds. The van der Waals surface area contributed by atoms with Crippen LogP contribution in [0.4, 0.5) is 0 Å². The number of aliphatic hydroxyl groups excluding tert-OH is 1. The number of aldehydes is 1. The molecule has 5 nitrogen and oxygen atoms in total. The average molecular weight is 247 g/mol. The molecular formula is C13H13NO4. The maximum Gasteiger partial charge on any atom is 0.339 e. The van der Waals surface area contributed by atoms with Crippen molar-refractivity contribution < 1.29 is 19.4 Å². The summed E-state index contributed by atoms with van der Waals surface area (Å²) in [5.74, 6) is -0.564. The first kappa shape index (κ1) is 13.9. The molecule has 1 N–H and O–H groups in total. The highest BCUT2D eigenvalue weighted by molar-refractivity contribution is 5.92. The molecular weight excluding hydrogens is 234 g/mol. The molecule has 1 rings (SSSR count). The second-order valence-electron chi connectivity index (χ2n) is 3.73. The van der Waals surface area contributed by atoms with Crippen LogP contribution in [0.5, 0.6) is 0 Å². The summed E-state index contributed by atoms with van der Waals surface area (Å²) >= 11 is 0. The first-order chi connectivity index (χ1) is 8.62. The molecule has 0 aliphatic heterocycles. The van der Waals surface area contributed by atoms with E-state index in [9.17, 15) is 9.59 Å². The molecule has 0 heterocycles. The van der Waals surface area contributed by atoms with Crippen LogP contribution in [0.1, 0.15) is 27.9 Å². The van der Waals surface area contributed by atoms with Crippen molar-refractivity contribution in [3.63, 3.8) is 0 Å². The topological polar surface area (TPSA) is 87.4 Å². The van der Waals surface area contributed by atoms with Gasteiger partial charge in [0.05, 0.1) is 18.2 Å². The second kappa shape index (κ2) is 6.52. The van der Waals surface area contributed by atoms with E-state index in [4.69, 9.17) is 10.4 Å². The fraction of sp³-hybridized carbons (Fsp3) is 0.308. The van der Waals surface area contributed by atoms with Gasteiger partial charge in [-0.1, -0.05) is 6.07 Å². The van der Waals surface area contributed by atoms with Crippen LogP contribution < -0.4 is 0 Å². The minimum atomic E-state index is -1.00. The number of aryl methyl sites for hydroxylation is 1. The van der Waals surface area contributed by atoms with Gasteiger partial charge in [0.25, 0.3) is 0 Å². The molecule has 0 aliphatic rings. The number of aliphatic hydroxyl groups is 1. The van der Waals surface area contributed by atoms with E-state index in [-0.39, 0.29) is 17.5 Å². The summed E-state index contributed by atoms with van der Waals surface area (Å²) in [6.45, 7) is 0. The van der Waals surface area contributed by atoms with E-state index in [1.54, 1.807) is 12.1 Å². The van der Waals surface area contributed by atoms with Crippen molar-refractivity contribution in [2.45, 2.75) is 18.9 Å². The largest absolute Gasteiger partial charge is 0.465 e. The summed E-state index contributed by atoms with van der Waals surface area (Å²) in [6, 6.07) is 6.66. The van der Waals surface area contributed by atoms with Gasteiger partial charge in [0.15, 0.2) is 0 Å². The average Bonchev–Trinajstić information content (AvgIpc) is 2.43. The third-order valence-electron chi connectivity index (χ3n) is 2.50. The van der Waals surface area contributed by atoms with E-state index >= 15 is 0 Å². The summed E-state index contributed by atoms with van der Waals surface area (Å²) in [4.78, 5) is 21.6. The second-order valence-corrected chi connectivity index (χ2v) is 3.73. The molecule has 0 aliphatic carbocycles. The van der Waals surface area contributed by atoms with Crippen LogP contribution in [0, 0.1) is 11.3 Å². The number of ether oxygens (including phenoxy) is 1. The number of esters is 1. The van der Waals surface area contributed by atoms with Crippen molar-refractivity contribution in [3.8, 4) is 6.07 Å². The predicted molar refractivity (Wildman–Crippen MR) is 62.9 cm³/mol. The standard InChI is InChI=1S/C13H13NO4/c1-18-13(17)12-5-3-9(6-10(12)7-14)2-4-11(16)8-15/h3,5-6,8,11,16H,2,4H2,1H3/t11-/m0/s1. The zero-order chi connectivity index (χ0) is 13.5. The van der Waals surface area contributed by atoms with Gasteiger partial charge in [0.1, 0.15) is 18.5 Å². The van der Waals surface area contributed by atoms with Crippen LogP contribution in [0.25, 0.3) is 0 Å². The molecule has 0 saturated carbocycles. The van der Waals surface area contributed by atoms with Gasteiger partial charge in [0, 0.05) is 0 Å². The maximum atomic E-state index is 11.4. The lowest BCUT2D eigenvalue weighted by atomic mass is 10.0. The molecule has 18 heavy (non-hydrogen) atoms. The third-order valence-corrected chi connectivity index (χ3v) is 2.50. The Labute approximate surface area is 105 Å². The van der Waals surface area contributed by atoms with Crippen molar-refractivity contribution in [1.29, 1.82) is 5.26 Å². The molecule has 0 radical (unpaired) electrons. The van der Waals surface area contributed by atoms with E-state index in [1.165, 1.54) is 13.2 Å². The minimum absolute atomic E-state index is 0.208. The van der Waals surface area contributed by atoms with Crippen molar-refractivity contribution in [2.75, 3.05) is 7.11 Å². The van der Waals surface area contributed by atoms with E-state index < -0.39 is 12.1 Å². The minimum Gasteiger partial charge on any atom is -0.465 e. The van der Waals surface area contributed by atoms with Crippen LogP contribution in [0.15, 0.2) is 18.2 Å². The van der Waals surface area contributed by atoms with Gasteiger partial charge in [-0.15, -0.1) is 0 Å². The zero-order valence-electron chi connectivity index (χ0n) is 9.92. The number of carbonyl (C=O) groups excluding carboxylic acids is 2. The Bertz CT molecular complexity index is 490. The highest BCUT2D eigenvalue weighted by Gasteiger charge is 2.12. The van der Waals surface area contributed by atoms with Gasteiger partial charge >= 0.3 is 5.97 Å². The number of hydrogen-bond acceptors (Lipinski definition) is 5. The first-order valence-electron chi connectivity index (χ1n) is 5.37. The summed E-state index contributed by atoms with van der Waals surface area (Å²) in [6.07, 6.45) is 0.200. The number of rotatable bonds is 5. The predicted octanol–water partition coefficient (Wildman–Crippen LogP) is 0.837. The number of hydrogen-bond donors (Lipinski definition) is 1. The zero-order valence-corrected chi connectivity index (χ0v) is 9.92. The molecule has 1 atom stereocenters. The molecule has 1 aromatic carbocycles. The van der Waals surface area contributed by atoms with E-state index in [1.807, 2.05) is 6.07 Å². The van der Waals surface area contributed by atoms with E-state index in [0.29, 0.717) is 12.7 Å². The van der Waals surface area contributed by atoms with Crippen LogP contribution in [-0.4, -0.2) is 30.6 Å². The quantitative estimate of drug-likeness (QED) is 0.615. The number of methoxy groups -OCH3 is 1. The summed E-state index contributed by atoms with van der Waals surface area (Å²) in [5, 5.41) is 18.1.